The minimum atomic E-state index is -0.689. The molecule has 0 saturated carbocycles. The molecule has 0 spiro atoms. The van der Waals surface area contributed by atoms with Crippen LogP contribution in [0.1, 0.15) is 6.92 Å². The fourth-order valence-corrected chi connectivity index (χ4v) is 4.35. The first-order valence-electron chi connectivity index (χ1n) is 7.68. The van der Waals surface area contributed by atoms with Gasteiger partial charge in [-0.2, -0.15) is 0 Å². The van der Waals surface area contributed by atoms with Crippen molar-refractivity contribution in [3.63, 3.8) is 0 Å². The van der Waals surface area contributed by atoms with Crippen LogP contribution in [0.3, 0.4) is 0 Å². The van der Waals surface area contributed by atoms with Gasteiger partial charge in [0, 0.05) is 6.07 Å². The number of nitrogens with zero attached hydrogens (tertiary/aromatic N) is 3. The highest BCUT2D eigenvalue weighted by atomic mass is 32.2. The molecule has 2 aromatic heterocycles. The largest absolute Gasteiger partial charge is 0.323 e. The van der Waals surface area contributed by atoms with Crippen LogP contribution < -0.4 is 5.32 Å². The second-order valence-corrected chi connectivity index (χ2v) is 7.86. The van der Waals surface area contributed by atoms with Crippen LogP contribution in [0.2, 0.25) is 0 Å². The minimum absolute atomic E-state index is 0.185. The monoisotopic (exact) mass is 390 g/mol. The van der Waals surface area contributed by atoms with Crippen molar-refractivity contribution in [3.8, 4) is 0 Å². The summed E-state index contributed by atoms with van der Waals surface area (Å²) in [6.45, 7) is 1.67. The highest BCUT2D eigenvalue weighted by molar-refractivity contribution is 8.00. The molecule has 2 aromatic carbocycles. The Kier molecular flexibility index (Phi) is 4.33. The molecule has 0 aliphatic carbocycles. The van der Waals surface area contributed by atoms with Gasteiger partial charge in [0.05, 0.1) is 21.2 Å². The summed E-state index contributed by atoms with van der Waals surface area (Å²) in [6.07, 6.45) is 0. The smallest absolute Gasteiger partial charge is 0.237 e. The first-order chi connectivity index (χ1) is 12.5. The van der Waals surface area contributed by atoms with E-state index in [0.29, 0.717) is 5.16 Å². The third-order valence-electron chi connectivity index (χ3n) is 3.75. The van der Waals surface area contributed by atoms with Crippen molar-refractivity contribution in [2.24, 2.45) is 0 Å². The molecular weight excluding hydrogens is 378 g/mol. The quantitative estimate of drug-likeness (QED) is 0.527. The zero-order valence-corrected chi connectivity index (χ0v) is 15.1. The number of nitrogens with one attached hydrogen (secondary N) is 1. The van der Waals surface area contributed by atoms with Crippen molar-refractivity contribution in [2.75, 3.05) is 5.32 Å². The van der Waals surface area contributed by atoms with Crippen LogP contribution >= 0.6 is 23.1 Å². The Morgan fingerprint density at radius 1 is 1.23 bits per heavy atom. The molecule has 1 N–H and O–H groups in total. The van der Waals surface area contributed by atoms with Crippen molar-refractivity contribution in [2.45, 2.75) is 17.3 Å². The Morgan fingerprint density at radius 3 is 2.88 bits per heavy atom. The molecule has 132 valence electrons. The fraction of sp³-hybridized carbons (Fsp3) is 0.118. The molecule has 9 heteroatoms. The van der Waals surface area contributed by atoms with Crippen LogP contribution in [-0.4, -0.2) is 25.8 Å². The van der Waals surface area contributed by atoms with E-state index in [9.17, 15) is 13.6 Å². The van der Waals surface area contributed by atoms with Gasteiger partial charge in [-0.05, 0) is 31.2 Å². The maximum absolute atomic E-state index is 13.7. The van der Waals surface area contributed by atoms with Gasteiger partial charge in [0.1, 0.15) is 11.6 Å². The lowest BCUT2D eigenvalue weighted by atomic mass is 10.3. The number of hydrogen-bond donors (Lipinski definition) is 1. The first-order valence-corrected chi connectivity index (χ1v) is 9.38. The van der Waals surface area contributed by atoms with Crippen molar-refractivity contribution in [3.05, 3.63) is 54.1 Å². The predicted octanol–water partition coefficient (Wildman–Crippen LogP) is 4.34. The van der Waals surface area contributed by atoms with Gasteiger partial charge in [0.2, 0.25) is 10.9 Å². The molecule has 4 rings (SSSR count). The summed E-state index contributed by atoms with van der Waals surface area (Å²) in [6, 6.07) is 10.7. The van der Waals surface area contributed by atoms with Crippen LogP contribution in [0.5, 0.6) is 0 Å². The maximum Gasteiger partial charge on any atom is 0.237 e. The Balaban J connectivity index is 1.58. The number of thiazole rings is 1. The molecule has 1 atom stereocenters. The van der Waals surface area contributed by atoms with Crippen LogP contribution in [0.4, 0.5) is 14.5 Å². The van der Waals surface area contributed by atoms with Gasteiger partial charge in [-0.25, -0.2) is 8.78 Å². The summed E-state index contributed by atoms with van der Waals surface area (Å²) >= 11 is 2.71. The highest BCUT2D eigenvalue weighted by Gasteiger charge is 2.21. The van der Waals surface area contributed by atoms with Crippen molar-refractivity contribution >= 4 is 49.9 Å². The predicted molar refractivity (Wildman–Crippen MR) is 98.7 cm³/mol. The van der Waals surface area contributed by atoms with Gasteiger partial charge >= 0.3 is 0 Å². The topological polar surface area (TPSA) is 59.3 Å². The fourth-order valence-electron chi connectivity index (χ4n) is 2.47. The molecule has 0 aliphatic heterocycles. The summed E-state index contributed by atoms with van der Waals surface area (Å²) in [5, 5.41) is 10.7. The second kappa shape index (κ2) is 6.65. The maximum atomic E-state index is 13.7. The Labute approximate surface area is 155 Å². The van der Waals surface area contributed by atoms with Gasteiger partial charge in [-0.3, -0.25) is 9.20 Å². The molecule has 0 aliphatic rings. The van der Waals surface area contributed by atoms with E-state index < -0.39 is 22.8 Å². The molecule has 2 heterocycles. The van der Waals surface area contributed by atoms with Crippen molar-refractivity contribution < 1.29 is 13.6 Å². The number of carbonyl (C=O) groups is 1. The molecule has 0 radical (unpaired) electrons. The molecule has 1 unspecified atom stereocenters. The number of benzene rings is 2. The normalized spacial score (nSPS) is 12.6. The zero-order chi connectivity index (χ0) is 18.3. The van der Waals surface area contributed by atoms with E-state index in [4.69, 9.17) is 0 Å². The third-order valence-corrected chi connectivity index (χ3v) is 5.80. The number of carbonyl (C=O) groups excluding carboxylic acids is 1. The lowest BCUT2D eigenvalue weighted by Gasteiger charge is -2.11. The van der Waals surface area contributed by atoms with Crippen LogP contribution in [-0.2, 0) is 4.79 Å². The molecule has 1 amide bonds. The molecular formula is C17H12F2N4OS2. The number of rotatable bonds is 4. The summed E-state index contributed by atoms with van der Waals surface area (Å²) in [7, 11) is 0. The molecule has 4 aromatic rings. The van der Waals surface area contributed by atoms with E-state index in [-0.39, 0.29) is 5.69 Å². The minimum Gasteiger partial charge on any atom is -0.323 e. The average Bonchev–Trinajstić information content (AvgIpc) is 3.18. The van der Waals surface area contributed by atoms with Crippen LogP contribution in [0, 0.1) is 11.6 Å². The van der Waals surface area contributed by atoms with E-state index in [1.54, 1.807) is 6.92 Å². The summed E-state index contributed by atoms with van der Waals surface area (Å²) in [5.41, 5.74) is 0.776. The van der Waals surface area contributed by atoms with Crippen molar-refractivity contribution in [1.82, 2.24) is 14.6 Å². The van der Waals surface area contributed by atoms with Gasteiger partial charge in [-0.15, -0.1) is 10.2 Å². The molecule has 0 saturated heterocycles. The van der Waals surface area contributed by atoms with E-state index in [1.807, 2.05) is 28.7 Å². The summed E-state index contributed by atoms with van der Waals surface area (Å²) < 4.78 is 29.9. The van der Waals surface area contributed by atoms with Gasteiger partial charge < -0.3 is 5.32 Å². The third kappa shape index (κ3) is 3.04. The standard InChI is InChI=1S/C17H12F2N4OS2/c1-9(15(24)20-12-8-10(18)6-7-11(12)19)25-16-21-22-17-23(16)13-4-2-3-5-14(13)26-17/h2-9H,1H3,(H,20,24). The number of amides is 1. The number of fused-ring (bicyclic) bond motifs is 3. The number of para-hydroxylation sites is 1. The lowest BCUT2D eigenvalue weighted by molar-refractivity contribution is -0.115. The second-order valence-electron chi connectivity index (χ2n) is 5.54. The van der Waals surface area contributed by atoms with Gasteiger partial charge in [-0.1, -0.05) is 35.2 Å². The lowest BCUT2D eigenvalue weighted by Crippen LogP contribution is -2.23. The van der Waals surface area contributed by atoms with Gasteiger partial charge in [0.25, 0.3) is 0 Å². The Hall–Kier alpha value is -2.52. The van der Waals surface area contributed by atoms with E-state index in [2.05, 4.69) is 15.5 Å². The highest BCUT2D eigenvalue weighted by Crippen LogP contribution is 2.31. The number of aromatic nitrogens is 3. The summed E-state index contributed by atoms with van der Waals surface area (Å²) in [5.74, 6) is -1.76. The molecule has 0 fully saturated rings. The number of hydrogen-bond acceptors (Lipinski definition) is 5. The summed E-state index contributed by atoms with van der Waals surface area (Å²) in [4.78, 5) is 13.1. The van der Waals surface area contributed by atoms with Gasteiger partial charge in [0.15, 0.2) is 5.16 Å². The molecule has 26 heavy (non-hydrogen) atoms. The first kappa shape index (κ1) is 16.9. The Morgan fingerprint density at radius 2 is 2.04 bits per heavy atom. The number of thioether (sulfide) groups is 1. The molecule has 5 nitrogen and oxygen atoms in total. The van der Waals surface area contributed by atoms with Crippen LogP contribution in [0.25, 0.3) is 15.2 Å². The molecule has 0 bridgehead atoms. The average molecular weight is 390 g/mol. The van der Waals surface area contributed by atoms with E-state index in [0.717, 1.165) is 33.4 Å². The Bertz CT molecular complexity index is 1120. The van der Waals surface area contributed by atoms with E-state index >= 15 is 0 Å². The van der Waals surface area contributed by atoms with E-state index in [1.165, 1.54) is 23.1 Å². The number of anilines is 1. The number of halogens is 2. The zero-order valence-electron chi connectivity index (χ0n) is 13.4. The van der Waals surface area contributed by atoms with Crippen LogP contribution in [0.15, 0.2) is 47.6 Å². The van der Waals surface area contributed by atoms with Crippen molar-refractivity contribution in [1.29, 1.82) is 0 Å². The SMILES string of the molecule is CC(Sc1nnc2sc3ccccc3n12)C(=O)Nc1cc(F)ccc1F.